The molecule has 0 bridgehead atoms. The predicted molar refractivity (Wildman–Crippen MR) is 97.9 cm³/mol. The number of rotatable bonds is 8. The normalized spacial score (nSPS) is 11.9. The second-order valence-corrected chi connectivity index (χ2v) is 7.51. The monoisotopic (exact) mass is 382 g/mol. The van der Waals surface area contributed by atoms with Gasteiger partial charge in [-0.05, 0) is 19.4 Å². The Hall–Kier alpha value is -2.20. The number of carbonyl (C=O) groups is 2. The van der Waals surface area contributed by atoms with Gasteiger partial charge in [-0.2, -0.15) is 0 Å². The number of nitrogens with one attached hydrogen (secondary N) is 2. The molecule has 0 saturated carbocycles. The number of fused-ring (bicyclic) bond motifs is 1. The number of aromatic nitrogens is 1. The molecule has 2 aromatic rings. The van der Waals surface area contributed by atoms with Gasteiger partial charge in [-0.1, -0.05) is 18.7 Å². The fourth-order valence-corrected chi connectivity index (χ4v) is 3.86. The summed E-state index contributed by atoms with van der Waals surface area (Å²) in [6.45, 7) is 4.16. The molecule has 8 nitrogen and oxygen atoms in total. The number of nitrogens with zero attached hydrogens (tertiary/aromatic N) is 2. The van der Waals surface area contributed by atoms with Gasteiger partial charge in [0.2, 0.25) is 11.8 Å². The van der Waals surface area contributed by atoms with Crippen LogP contribution >= 0.6 is 23.1 Å². The van der Waals surface area contributed by atoms with Crippen LogP contribution in [0.1, 0.15) is 20.3 Å². The van der Waals surface area contributed by atoms with Crippen LogP contribution in [0, 0.1) is 10.1 Å². The fraction of sp³-hybridized carbons (Fsp3) is 0.400. The molecular formula is C15H18N4O4S2. The molecule has 0 aliphatic rings. The molecule has 0 radical (unpaired) electrons. The first-order chi connectivity index (χ1) is 11.9. The summed E-state index contributed by atoms with van der Waals surface area (Å²) < 4.78 is 1.35. The maximum absolute atomic E-state index is 11.9. The lowest BCUT2D eigenvalue weighted by molar-refractivity contribution is -0.384. The molecule has 2 amide bonds. The van der Waals surface area contributed by atoms with E-state index in [1.807, 2.05) is 6.92 Å². The number of thioether (sulfide) groups is 1. The van der Waals surface area contributed by atoms with Gasteiger partial charge in [0.1, 0.15) is 6.04 Å². The first-order valence-corrected chi connectivity index (χ1v) is 9.45. The SMILES string of the molecule is CCCNC(=O)[C@@H](C)NC(=O)CSc1nc2ccc([N+](=O)[O-])cc2s1. The number of carbonyl (C=O) groups excluding carboxylic acids is 2. The first kappa shape index (κ1) is 19.1. The smallest absolute Gasteiger partial charge is 0.270 e. The molecule has 134 valence electrons. The maximum atomic E-state index is 11.9. The summed E-state index contributed by atoms with van der Waals surface area (Å²) in [4.78, 5) is 38.3. The number of benzene rings is 1. The van der Waals surface area contributed by atoms with E-state index in [2.05, 4.69) is 15.6 Å². The minimum Gasteiger partial charge on any atom is -0.354 e. The van der Waals surface area contributed by atoms with E-state index in [1.165, 1.54) is 35.2 Å². The highest BCUT2D eigenvalue weighted by Crippen LogP contribution is 2.31. The molecule has 10 heteroatoms. The van der Waals surface area contributed by atoms with Crippen molar-refractivity contribution >= 4 is 50.8 Å². The summed E-state index contributed by atoms with van der Waals surface area (Å²) >= 11 is 2.53. The van der Waals surface area contributed by atoms with Crippen molar-refractivity contribution in [3.05, 3.63) is 28.3 Å². The molecule has 1 aromatic carbocycles. The zero-order valence-electron chi connectivity index (χ0n) is 13.8. The summed E-state index contributed by atoms with van der Waals surface area (Å²) in [7, 11) is 0. The minimum absolute atomic E-state index is 0.0114. The highest BCUT2D eigenvalue weighted by molar-refractivity contribution is 8.01. The van der Waals surface area contributed by atoms with E-state index in [0.29, 0.717) is 21.1 Å². The third-order valence-corrected chi connectivity index (χ3v) is 5.37. The molecule has 1 atom stereocenters. The van der Waals surface area contributed by atoms with Gasteiger partial charge in [0.25, 0.3) is 5.69 Å². The van der Waals surface area contributed by atoms with Crippen LogP contribution in [0.5, 0.6) is 0 Å². The minimum atomic E-state index is -0.599. The lowest BCUT2D eigenvalue weighted by Crippen LogP contribution is -2.45. The highest BCUT2D eigenvalue weighted by atomic mass is 32.2. The van der Waals surface area contributed by atoms with Crippen LogP contribution in [0.3, 0.4) is 0 Å². The van der Waals surface area contributed by atoms with Crippen LogP contribution in [0.2, 0.25) is 0 Å². The predicted octanol–water partition coefficient (Wildman–Crippen LogP) is 2.33. The lowest BCUT2D eigenvalue weighted by atomic mass is 10.3. The molecule has 0 spiro atoms. The molecule has 0 saturated heterocycles. The zero-order chi connectivity index (χ0) is 18.4. The molecular weight excluding hydrogens is 364 g/mol. The van der Waals surface area contributed by atoms with Gasteiger partial charge >= 0.3 is 0 Å². The lowest BCUT2D eigenvalue weighted by Gasteiger charge is -2.13. The van der Waals surface area contributed by atoms with Gasteiger partial charge in [0.05, 0.1) is 20.9 Å². The van der Waals surface area contributed by atoms with E-state index in [0.717, 1.165) is 6.42 Å². The summed E-state index contributed by atoms with van der Waals surface area (Å²) in [5, 5.41) is 16.1. The molecule has 1 aromatic heterocycles. The molecule has 0 aliphatic carbocycles. The molecule has 1 heterocycles. The summed E-state index contributed by atoms with van der Waals surface area (Å²) in [6.07, 6.45) is 0.831. The van der Waals surface area contributed by atoms with Crippen molar-refractivity contribution in [3.63, 3.8) is 0 Å². The molecule has 0 aliphatic heterocycles. The summed E-state index contributed by atoms with van der Waals surface area (Å²) in [6, 6.07) is 3.86. The average Bonchev–Trinajstić information content (AvgIpc) is 2.99. The molecule has 25 heavy (non-hydrogen) atoms. The van der Waals surface area contributed by atoms with E-state index < -0.39 is 11.0 Å². The zero-order valence-corrected chi connectivity index (χ0v) is 15.4. The van der Waals surface area contributed by atoms with Crippen LogP contribution < -0.4 is 10.6 Å². The second kappa shape index (κ2) is 8.77. The summed E-state index contributed by atoms with van der Waals surface area (Å²) in [5.74, 6) is -0.366. The van der Waals surface area contributed by atoms with E-state index >= 15 is 0 Å². The Bertz CT molecular complexity index is 793. The van der Waals surface area contributed by atoms with Gasteiger partial charge in [-0.15, -0.1) is 11.3 Å². The number of hydrogen-bond acceptors (Lipinski definition) is 7. The Balaban J connectivity index is 1.90. The Morgan fingerprint density at radius 1 is 1.44 bits per heavy atom. The number of non-ortho nitro benzene ring substituents is 1. The summed E-state index contributed by atoms with van der Waals surface area (Å²) in [5.41, 5.74) is 0.670. The van der Waals surface area contributed by atoms with E-state index in [1.54, 1.807) is 13.0 Å². The number of amides is 2. The average molecular weight is 382 g/mol. The van der Waals surface area contributed by atoms with Crippen molar-refractivity contribution in [3.8, 4) is 0 Å². The fourth-order valence-electron chi connectivity index (χ4n) is 1.94. The van der Waals surface area contributed by atoms with Crippen molar-refractivity contribution in [1.82, 2.24) is 15.6 Å². The third-order valence-electron chi connectivity index (χ3n) is 3.21. The first-order valence-electron chi connectivity index (χ1n) is 7.65. The van der Waals surface area contributed by atoms with Crippen LogP contribution in [-0.2, 0) is 9.59 Å². The highest BCUT2D eigenvalue weighted by Gasteiger charge is 2.16. The quantitative estimate of drug-likeness (QED) is 0.411. The maximum Gasteiger partial charge on any atom is 0.270 e. The van der Waals surface area contributed by atoms with Gasteiger partial charge in [-0.3, -0.25) is 19.7 Å². The number of nitro groups is 1. The Morgan fingerprint density at radius 3 is 2.88 bits per heavy atom. The number of thiazole rings is 1. The topological polar surface area (TPSA) is 114 Å². The Kier molecular flexibility index (Phi) is 6.71. The third kappa shape index (κ3) is 5.40. The van der Waals surface area contributed by atoms with Crippen molar-refractivity contribution in [2.45, 2.75) is 30.6 Å². The van der Waals surface area contributed by atoms with Crippen LogP contribution in [0.15, 0.2) is 22.5 Å². The largest absolute Gasteiger partial charge is 0.354 e. The van der Waals surface area contributed by atoms with Crippen molar-refractivity contribution in [2.75, 3.05) is 12.3 Å². The molecule has 0 fully saturated rings. The van der Waals surface area contributed by atoms with E-state index in [-0.39, 0.29) is 23.3 Å². The Labute approximate surface area is 152 Å². The molecule has 2 N–H and O–H groups in total. The van der Waals surface area contributed by atoms with Gasteiger partial charge in [0, 0.05) is 18.7 Å². The van der Waals surface area contributed by atoms with Crippen LogP contribution in [0.25, 0.3) is 10.2 Å². The Morgan fingerprint density at radius 2 is 2.20 bits per heavy atom. The van der Waals surface area contributed by atoms with Crippen molar-refractivity contribution in [1.29, 1.82) is 0 Å². The van der Waals surface area contributed by atoms with Gasteiger partial charge in [-0.25, -0.2) is 4.98 Å². The number of nitro benzene ring substituents is 1. The van der Waals surface area contributed by atoms with Crippen LogP contribution in [0.4, 0.5) is 5.69 Å². The van der Waals surface area contributed by atoms with Gasteiger partial charge < -0.3 is 10.6 Å². The second-order valence-electron chi connectivity index (χ2n) is 5.26. The number of hydrogen-bond donors (Lipinski definition) is 2. The standard InChI is InChI=1S/C15H18N4O4S2/c1-3-6-16-14(21)9(2)17-13(20)8-24-15-18-11-5-4-10(19(22)23)7-12(11)25-15/h4-5,7,9H,3,6,8H2,1-2H3,(H,16,21)(H,17,20)/t9-/m1/s1. The van der Waals surface area contributed by atoms with Crippen molar-refractivity contribution in [2.24, 2.45) is 0 Å². The van der Waals surface area contributed by atoms with E-state index in [4.69, 9.17) is 0 Å². The molecule has 2 rings (SSSR count). The molecule has 0 unspecified atom stereocenters. The van der Waals surface area contributed by atoms with Crippen molar-refractivity contribution < 1.29 is 14.5 Å². The van der Waals surface area contributed by atoms with Gasteiger partial charge in [0.15, 0.2) is 4.34 Å². The van der Waals surface area contributed by atoms with Crippen LogP contribution in [-0.4, -0.2) is 40.1 Å². The van der Waals surface area contributed by atoms with E-state index in [9.17, 15) is 19.7 Å².